The maximum Gasteiger partial charge on any atom is 0.242 e. The summed E-state index contributed by atoms with van der Waals surface area (Å²) in [6, 6.07) is 4.66. The van der Waals surface area contributed by atoms with Gasteiger partial charge in [0.2, 0.25) is 5.91 Å². The summed E-state index contributed by atoms with van der Waals surface area (Å²) in [5.41, 5.74) is 12.5. The summed E-state index contributed by atoms with van der Waals surface area (Å²) in [6.45, 7) is 1.38. The molecule has 1 unspecified atom stereocenters. The van der Waals surface area contributed by atoms with Crippen molar-refractivity contribution in [2.24, 2.45) is 5.73 Å². The SMILES string of the molecule is NC(=O)C1COCCN1c1cc(Cl)ccc1N. The lowest BCUT2D eigenvalue weighted by Crippen LogP contribution is -2.52. The number of benzene rings is 1. The van der Waals surface area contributed by atoms with Crippen molar-refractivity contribution in [3.63, 3.8) is 0 Å². The average Bonchev–Trinajstić information content (AvgIpc) is 2.32. The van der Waals surface area contributed by atoms with Crippen LogP contribution in [0.4, 0.5) is 11.4 Å². The average molecular weight is 256 g/mol. The van der Waals surface area contributed by atoms with Crippen molar-refractivity contribution in [2.75, 3.05) is 30.4 Å². The minimum Gasteiger partial charge on any atom is -0.397 e. The Morgan fingerprint density at radius 1 is 1.53 bits per heavy atom. The van der Waals surface area contributed by atoms with Gasteiger partial charge < -0.3 is 21.1 Å². The summed E-state index contributed by atoms with van der Waals surface area (Å²) in [6.07, 6.45) is 0. The lowest BCUT2D eigenvalue weighted by atomic mass is 10.1. The number of rotatable bonds is 2. The second-order valence-electron chi connectivity index (χ2n) is 3.89. The molecule has 1 amide bonds. The number of primary amides is 1. The fraction of sp³-hybridized carbons (Fsp3) is 0.364. The van der Waals surface area contributed by atoms with Gasteiger partial charge in [-0.3, -0.25) is 4.79 Å². The molecule has 0 aromatic heterocycles. The Bertz CT molecular complexity index is 439. The maximum absolute atomic E-state index is 11.4. The molecule has 2 rings (SSSR count). The fourth-order valence-corrected chi connectivity index (χ4v) is 2.06. The third-order valence-corrected chi connectivity index (χ3v) is 2.99. The van der Waals surface area contributed by atoms with Gasteiger partial charge in [0.15, 0.2) is 0 Å². The number of nitrogen functional groups attached to an aromatic ring is 1. The number of morpholine rings is 1. The van der Waals surface area contributed by atoms with Gasteiger partial charge >= 0.3 is 0 Å². The Kier molecular flexibility index (Phi) is 3.40. The highest BCUT2D eigenvalue weighted by molar-refractivity contribution is 6.31. The van der Waals surface area contributed by atoms with E-state index in [1.54, 1.807) is 18.2 Å². The largest absolute Gasteiger partial charge is 0.397 e. The number of anilines is 2. The molecule has 6 heteroatoms. The van der Waals surface area contributed by atoms with E-state index in [2.05, 4.69) is 0 Å². The molecule has 1 fully saturated rings. The molecule has 5 nitrogen and oxygen atoms in total. The van der Waals surface area contributed by atoms with E-state index in [0.717, 1.165) is 5.69 Å². The van der Waals surface area contributed by atoms with Gasteiger partial charge in [0.1, 0.15) is 6.04 Å². The lowest BCUT2D eigenvalue weighted by Gasteiger charge is -2.36. The van der Waals surface area contributed by atoms with Crippen LogP contribution in [0, 0.1) is 0 Å². The van der Waals surface area contributed by atoms with Crippen molar-refractivity contribution in [1.29, 1.82) is 0 Å². The number of nitrogens with two attached hydrogens (primary N) is 2. The fourth-order valence-electron chi connectivity index (χ4n) is 1.89. The van der Waals surface area contributed by atoms with E-state index in [1.165, 1.54) is 0 Å². The highest BCUT2D eigenvalue weighted by Crippen LogP contribution is 2.29. The number of nitrogens with zero attached hydrogens (tertiary/aromatic N) is 1. The standard InChI is InChI=1S/C11H14ClN3O2/c12-7-1-2-8(13)9(5-7)15-3-4-17-6-10(15)11(14)16/h1-2,5,10H,3-4,6,13H2,(H2,14,16). The quantitative estimate of drug-likeness (QED) is 0.759. The molecule has 1 atom stereocenters. The van der Waals surface area contributed by atoms with Crippen LogP contribution >= 0.6 is 11.6 Å². The second kappa shape index (κ2) is 4.81. The van der Waals surface area contributed by atoms with Crippen LogP contribution in [0.5, 0.6) is 0 Å². The van der Waals surface area contributed by atoms with Crippen LogP contribution in [-0.4, -0.2) is 31.7 Å². The number of carbonyl (C=O) groups is 1. The van der Waals surface area contributed by atoms with Gasteiger partial charge in [-0.25, -0.2) is 0 Å². The van der Waals surface area contributed by atoms with Crippen LogP contribution in [-0.2, 0) is 9.53 Å². The van der Waals surface area contributed by atoms with Gasteiger partial charge in [0.05, 0.1) is 24.6 Å². The highest BCUT2D eigenvalue weighted by Gasteiger charge is 2.28. The van der Waals surface area contributed by atoms with E-state index < -0.39 is 11.9 Å². The van der Waals surface area contributed by atoms with E-state index in [0.29, 0.717) is 23.9 Å². The van der Waals surface area contributed by atoms with Crippen LogP contribution < -0.4 is 16.4 Å². The van der Waals surface area contributed by atoms with Crippen molar-refractivity contribution in [3.05, 3.63) is 23.2 Å². The first-order chi connectivity index (χ1) is 8.09. The minimum absolute atomic E-state index is 0.279. The lowest BCUT2D eigenvalue weighted by molar-refractivity contribution is -0.121. The predicted octanol–water partition coefficient (Wildman–Crippen LogP) is 0.613. The van der Waals surface area contributed by atoms with E-state index in [-0.39, 0.29) is 6.61 Å². The molecule has 1 heterocycles. The molecule has 0 saturated carbocycles. The van der Waals surface area contributed by atoms with Crippen LogP contribution in [0.3, 0.4) is 0 Å². The topological polar surface area (TPSA) is 81.6 Å². The third kappa shape index (κ3) is 2.45. The first kappa shape index (κ1) is 12.0. The van der Waals surface area contributed by atoms with Crippen LogP contribution in [0.15, 0.2) is 18.2 Å². The molecule has 92 valence electrons. The van der Waals surface area contributed by atoms with Crippen LogP contribution in [0.2, 0.25) is 5.02 Å². The van der Waals surface area contributed by atoms with Crippen LogP contribution in [0.25, 0.3) is 0 Å². The molecular formula is C11H14ClN3O2. The van der Waals surface area contributed by atoms with Crippen molar-refractivity contribution < 1.29 is 9.53 Å². The first-order valence-corrected chi connectivity index (χ1v) is 5.66. The predicted molar refractivity (Wildman–Crippen MR) is 67.0 cm³/mol. The van der Waals surface area contributed by atoms with E-state index >= 15 is 0 Å². The monoisotopic (exact) mass is 255 g/mol. The summed E-state index contributed by atoms with van der Waals surface area (Å²) >= 11 is 5.93. The van der Waals surface area contributed by atoms with Gasteiger partial charge in [-0.15, -0.1) is 0 Å². The molecule has 4 N–H and O–H groups in total. The zero-order chi connectivity index (χ0) is 12.4. The smallest absolute Gasteiger partial charge is 0.242 e. The molecule has 0 aliphatic carbocycles. The van der Waals surface area contributed by atoms with Crippen molar-refractivity contribution in [2.45, 2.75) is 6.04 Å². The zero-order valence-corrected chi connectivity index (χ0v) is 9.98. The van der Waals surface area contributed by atoms with Crippen molar-refractivity contribution in [3.8, 4) is 0 Å². The number of halogens is 1. The maximum atomic E-state index is 11.4. The van der Waals surface area contributed by atoms with E-state index in [9.17, 15) is 4.79 Å². The number of carbonyl (C=O) groups excluding carboxylic acids is 1. The van der Waals surface area contributed by atoms with Gasteiger partial charge in [0.25, 0.3) is 0 Å². The molecule has 0 bridgehead atoms. The second-order valence-corrected chi connectivity index (χ2v) is 4.33. The normalized spacial score (nSPS) is 20.3. The summed E-state index contributed by atoms with van der Waals surface area (Å²) in [7, 11) is 0. The Morgan fingerprint density at radius 2 is 2.29 bits per heavy atom. The Hall–Kier alpha value is -1.46. The molecular weight excluding hydrogens is 242 g/mol. The molecule has 1 saturated heterocycles. The van der Waals surface area contributed by atoms with Crippen LogP contribution in [0.1, 0.15) is 0 Å². The number of amides is 1. The molecule has 1 aromatic rings. The number of ether oxygens (including phenoxy) is 1. The minimum atomic E-state index is -0.496. The summed E-state index contributed by atoms with van der Waals surface area (Å²) in [5, 5.41) is 0.573. The van der Waals surface area contributed by atoms with E-state index in [1.807, 2.05) is 4.90 Å². The van der Waals surface area contributed by atoms with Gasteiger partial charge in [0, 0.05) is 11.6 Å². The van der Waals surface area contributed by atoms with Crippen molar-refractivity contribution in [1.82, 2.24) is 0 Å². The third-order valence-electron chi connectivity index (χ3n) is 2.76. The molecule has 0 radical (unpaired) electrons. The Morgan fingerprint density at radius 3 is 3.00 bits per heavy atom. The Balaban J connectivity index is 2.35. The van der Waals surface area contributed by atoms with Gasteiger partial charge in [-0.05, 0) is 18.2 Å². The van der Waals surface area contributed by atoms with Gasteiger partial charge in [-0.1, -0.05) is 11.6 Å². The highest BCUT2D eigenvalue weighted by atomic mass is 35.5. The summed E-state index contributed by atoms with van der Waals surface area (Å²) < 4.78 is 5.25. The summed E-state index contributed by atoms with van der Waals surface area (Å²) in [4.78, 5) is 13.2. The van der Waals surface area contributed by atoms with Gasteiger partial charge in [-0.2, -0.15) is 0 Å². The Labute approximate surface area is 104 Å². The van der Waals surface area contributed by atoms with E-state index in [4.69, 9.17) is 27.8 Å². The molecule has 1 aliphatic heterocycles. The zero-order valence-electron chi connectivity index (χ0n) is 9.23. The number of hydrogen-bond acceptors (Lipinski definition) is 4. The molecule has 17 heavy (non-hydrogen) atoms. The number of hydrogen-bond donors (Lipinski definition) is 2. The summed E-state index contributed by atoms with van der Waals surface area (Å²) in [5.74, 6) is -0.427. The van der Waals surface area contributed by atoms with Crippen molar-refractivity contribution >= 4 is 28.9 Å². The molecule has 1 aliphatic rings. The molecule has 0 spiro atoms. The first-order valence-electron chi connectivity index (χ1n) is 5.28. The molecule has 1 aromatic carbocycles.